The summed E-state index contributed by atoms with van der Waals surface area (Å²) in [7, 11) is 0. The predicted octanol–water partition coefficient (Wildman–Crippen LogP) is 4.42. The number of ether oxygens (including phenoxy) is 1. The minimum absolute atomic E-state index is 0.176. The highest BCUT2D eigenvalue weighted by Crippen LogP contribution is 2.33. The van der Waals surface area contributed by atoms with E-state index in [1.807, 2.05) is 18.2 Å². The number of nitrogens with zero attached hydrogens (tertiary/aromatic N) is 3. The first-order chi connectivity index (χ1) is 12.6. The molecule has 2 aliphatic rings. The molecule has 1 fully saturated rings. The molecule has 2 atom stereocenters. The number of halogens is 1. The van der Waals surface area contributed by atoms with Crippen molar-refractivity contribution in [3.8, 4) is 5.75 Å². The molecule has 4 rings (SSSR count). The molecule has 7 heteroatoms. The van der Waals surface area contributed by atoms with E-state index in [9.17, 15) is 0 Å². The molecule has 1 aromatic heterocycles. The Morgan fingerprint density at radius 2 is 2.12 bits per heavy atom. The second-order valence-corrected chi connectivity index (χ2v) is 7.77. The zero-order chi connectivity index (χ0) is 18.1. The molecule has 6 nitrogen and oxygen atoms in total. The number of anilines is 1. The smallest absolute Gasteiger partial charge is 0.318 e. The van der Waals surface area contributed by atoms with Crippen LogP contribution in [0, 0.1) is 0 Å². The van der Waals surface area contributed by atoms with Gasteiger partial charge in [-0.15, -0.1) is 5.10 Å². The van der Waals surface area contributed by atoms with E-state index in [2.05, 4.69) is 34.3 Å². The summed E-state index contributed by atoms with van der Waals surface area (Å²) in [4.78, 5) is 2.44. The Bertz CT molecular complexity index is 764. The maximum Gasteiger partial charge on any atom is 0.318 e. The van der Waals surface area contributed by atoms with Crippen molar-refractivity contribution in [1.29, 1.82) is 0 Å². The highest BCUT2D eigenvalue weighted by molar-refractivity contribution is 6.30. The van der Waals surface area contributed by atoms with E-state index in [-0.39, 0.29) is 12.3 Å². The van der Waals surface area contributed by atoms with Gasteiger partial charge in [-0.2, -0.15) is 0 Å². The molecule has 3 heterocycles. The molecule has 1 saturated heterocycles. The van der Waals surface area contributed by atoms with Gasteiger partial charge >= 0.3 is 6.01 Å². The average molecular weight is 377 g/mol. The minimum Gasteiger partial charge on any atom is -0.470 e. The molecule has 0 bridgehead atoms. The fourth-order valence-electron chi connectivity index (χ4n) is 3.86. The van der Waals surface area contributed by atoms with Gasteiger partial charge in [0.1, 0.15) is 5.75 Å². The molecule has 2 unspecified atom stereocenters. The number of benzene rings is 1. The summed E-state index contributed by atoms with van der Waals surface area (Å²) in [6.07, 6.45) is 5.04. The van der Waals surface area contributed by atoms with Gasteiger partial charge in [0.25, 0.3) is 0 Å². The molecular weight excluding hydrogens is 352 g/mol. The SMILES string of the molecule is CC(C)N1CCCCC1c1nnc(NC2CCc3cc(Cl)ccc3O2)o1. The largest absolute Gasteiger partial charge is 0.470 e. The van der Waals surface area contributed by atoms with E-state index in [1.54, 1.807) is 0 Å². The fourth-order valence-corrected chi connectivity index (χ4v) is 4.06. The van der Waals surface area contributed by atoms with Crippen molar-refractivity contribution in [1.82, 2.24) is 15.1 Å². The number of hydrogen-bond acceptors (Lipinski definition) is 6. The molecule has 2 aromatic rings. The molecule has 0 spiro atoms. The summed E-state index contributed by atoms with van der Waals surface area (Å²) in [6, 6.07) is 6.82. The van der Waals surface area contributed by atoms with Crippen molar-refractivity contribution in [2.45, 2.75) is 64.3 Å². The first-order valence-corrected chi connectivity index (χ1v) is 9.78. The van der Waals surface area contributed by atoms with Crippen molar-refractivity contribution >= 4 is 17.6 Å². The quantitative estimate of drug-likeness (QED) is 0.852. The van der Waals surface area contributed by atoms with Crippen molar-refractivity contribution in [3.63, 3.8) is 0 Å². The molecule has 1 aromatic carbocycles. The third-order valence-corrected chi connectivity index (χ3v) is 5.42. The van der Waals surface area contributed by atoms with Gasteiger partial charge in [0.2, 0.25) is 5.89 Å². The minimum atomic E-state index is -0.176. The summed E-state index contributed by atoms with van der Waals surface area (Å²) < 4.78 is 11.9. The Kier molecular flexibility index (Phi) is 5.05. The average Bonchev–Trinajstić information content (AvgIpc) is 3.10. The summed E-state index contributed by atoms with van der Waals surface area (Å²) in [5.41, 5.74) is 1.14. The van der Waals surface area contributed by atoms with Gasteiger partial charge in [-0.25, -0.2) is 0 Å². The molecule has 140 valence electrons. The lowest BCUT2D eigenvalue weighted by Gasteiger charge is -2.36. The van der Waals surface area contributed by atoms with Crippen molar-refractivity contribution in [3.05, 3.63) is 34.7 Å². The van der Waals surface area contributed by atoms with Crippen LogP contribution in [0.25, 0.3) is 0 Å². The van der Waals surface area contributed by atoms with Crippen LogP contribution in [0.15, 0.2) is 22.6 Å². The standard InChI is InChI=1S/C19H25ClN4O2/c1-12(2)24-10-4-3-5-15(24)18-22-23-19(26-18)21-17-9-6-13-11-14(20)7-8-16(13)25-17/h7-8,11-12,15,17H,3-6,9-10H2,1-2H3,(H,21,23). The van der Waals surface area contributed by atoms with E-state index in [4.69, 9.17) is 20.8 Å². The molecule has 0 saturated carbocycles. The van der Waals surface area contributed by atoms with E-state index >= 15 is 0 Å². The number of likely N-dealkylation sites (tertiary alicyclic amines) is 1. The van der Waals surface area contributed by atoms with Gasteiger partial charge < -0.3 is 14.5 Å². The number of rotatable bonds is 4. The van der Waals surface area contributed by atoms with Gasteiger partial charge in [0, 0.05) is 17.5 Å². The zero-order valence-electron chi connectivity index (χ0n) is 15.2. The summed E-state index contributed by atoms with van der Waals surface area (Å²) in [5.74, 6) is 1.56. The van der Waals surface area contributed by atoms with Gasteiger partial charge in [-0.1, -0.05) is 23.1 Å². The Morgan fingerprint density at radius 1 is 1.23 bits per heavy atom. The number of nitrogens with one attached hydrogen (secondary N) is 1. The number of aromatic nitrogens is 2. The third-order valence-electron chi connectivity index (χ3n) is 5.19. The summed E-state index contributed by atoms with van der Waals surface area (Å²) in [5, 5.41) is 12.5. The Morgan fingerprint density at radius 3 is 2.96 bits per heavy atom. The Balaban J connectivity index is 1.43. The fraction of sp³-hybridized carbons (Fsp3) is 0.579. The van der Waals surface area contributed by atoms with E-state index < -0.39 is 0 Å². The van der Waals surface area contributed by atoms with Crippen LogP contribution in [0.2, 0.25) is 5.02 Å². The van der Waals surface area contributed by atoms with E-state index in [0.29, 0.717) is 17.9 Å². The molecule has 0 amide bonds. The lowest BCUT2D eigenvalue weighted by molar-refractivity contribution is 0.0926. The van der Waals surface area contributed by atoms with Gasteiger partial charge in [-0.3, -0.25) is 4.90 Å². The predicted molar refractivity (Wildman–Crippen MR) is 101 cm³/mol. The normalized spacial score (nSPS) is 23.5. The van der Waals surface area contributed by atoms with Gasteiger partial charge in [0.05, 0.1) is 6.04 Å². The number of fused-ring (bicyclic) bond motifs is 1. The van der Waals surface area contributed by atoms with Crippen LogP contribution in [0.3, 0.4) is 0 Å². The van der Waals surface area contributed by atoms with Crippen LogP contribution in [0.4, 0.5) is 6.01 Å². The maximum atomic E-state index is 6.04. The molecule has 0 radical (unpaired) electrons. The van der Waals surface area contributed by atoms with Crippen LogP contribution in [0.1, 0.15) is 57.0 Å². The van der Waals surface area contributed by atoms with E-state index in [1.165, 1.54) is 12.8 Å². The van der Waals surface area contributed by atoms with Crippen molar-refractivity contribution < 1.29 is 9.15 Å². The number of aryl methyl sites for hydroxylation is 1. The molecular formula is C19H25ClN4O2. The maximum absolute atomic E-state index is 6.04. The van der Waals surface area contributed by atoms with Crippen molar-refractivity contribution in [2.75, 3.05) is 11.9 Å². The van der Waals surface area contributed by atoms with Gasteiger partial charge in [-0.05, 0) is 63.4 Å². The monoisotopic (exact) mass is 376 g/mol. The highest BCUT2D eigenvalue weighted by atomic mass is 35.5. The van der Waals surface area contributed by atoms with Crippen molar-refractivity contribution in [2.24, 2.45) is 0 Å². The van der Waals surface area contributed by atoms with Crippen LogP contribution in [0.5, 0.6) is 5.75 Å². The van der Waals surface area contributed by atoms with Crippen LogP contribution in [-0.4, -0.2) is 33.9 Å². The number of hydrogen-bond donors (Lipinski definition) is 1. The first kappa shape index (κ1) is 17.6. The van der Waals surface area contributed by atoms with Crippen LogP contribution in [-0.2, 0) is 6.42 Å². The summed E-state index contributed by atoms with van der Waals surface area (Å²) >= 11 is 6.04. The third kappa shape index (κ3) is 3.67. The molecule has 0 aliphatic carbocycles. The Hall–Kier alpha value is -1.79. The Labute approximate surface area is 158 Å². The van der Waals surface area contributed by atoms with E-state index in [0.717, 1.165) is 42.1 Å². The first-order valence-electron chi connectivity index (χ1n) is 9.41. The topological polar surface area (TPSA) is 63.4 Å². The second-order valence-electron chi connectivity index (χ2n) is 7.33. The lowest BCUT2D eigenvalue weighted by atomic mass is 10.0. The molecule has 26 heavy (non-hydrogen) atoms. The number of piperidine rings is 1. The lowest BCUT2D eigenvalue weighted by Crippen LogP contribution is -2.38. The highest BCUT2D eigenvalue weighted by Gasteiger charge is 2.30. The van der Waals surface area contributed by atoms with Crippen LogP contribution < -0.4 is 10.1 Å². The molecule has 2 aliphatic heterocycles. The van der Waals surface area contributed by atoms with Gasteiger partial charge in [0.15, 0.2) is 6.23 Å². The second kappa shape index (κ2) is 7.45. The van der Waals surface area contributed by atoms with Crippen LogP contribution >= 0.6 is 11.6 Å². The zero-order valence-corrected chi connectivity index (χ0v) is 16.0. The molecule has 1 N–H and O–H groups in total. The summed E-state index contributed by atoms with van der Waals surface area (Å²) in [6.45, 7) is 5.51.